The fourth-order valence-corrected chi connectivity index (χ4v) is 1.53. The first-order valence-corrected chi connectivity index (χ1v) is 6.56. The van der Waals surface area contributed by atoms with Gasteiger partial charge in [-0.2, -0.15) is 15.0 Å². The van der Waals surface area contributed by atoms with Gasteiger partial charge in [0, 0.05) is 12.1 Å². The summed E-state index contributed by atoms with van der Waals surface area (Å²) in [7, 11) is 0. The molecular formula is C12H23N5O2. The third-order valence-electron chi connectivity index (χ3n) is 2.92. The Bertz CT molecular complexity index is 402. The van der Waals surface area contributed by atoms with Gasteiger partial charge in [0.1, 0.15) is 0 Å². The lowest BCUT2D eigenvalue weighted by Gasteiger charge is -2.28. The molecule has 0 aliphatic heterocycles. The molecule has 0 spiro atoms. The molecule has 0 bridgehead atoms. The molecule has 7 heteroatoms. The van der Waals surface area contributed by atoms with Crippen molar-refractivity contribution in [3.05, 3.63) is 0 Å². The van der Waals surface area contributed by atoms with Crippen LogP contribution in [-0.4, -0.2) is 38.8 Å². The smallest absolute Gasteiger partial charge is 0.323 e. The number of hydrogen-bond donors (Lipinski definition) is 3. The van der Waals surface area contributed by atoms with Crippen LogP contribution in [0.2, 0.25) is 0 Å². The summed E-state index contributed by atoms with van der Waals surface area (Å²) in [6, 6.07) is 0.222. The Morgan fingerprint density at radius 2 is 2.05 bits per heavy atom. The van der Waals surface area contributed by atoms with Crippen molar-refractivity contribution in [3.63, 3.8) is 0 Å². The summed E-state index contributed by atoms with van der Waals surface area (Å²) in [5, 5.41) is 12.3. The highest BCUT2D eigenvalue weighted by Crippen LogP contribution is 2.20. The predicted molar refractivity (Wildman–Crippen MR) is 74.0 cm³/mol. The van der Waals surface area contributed by atoms with Crippen LogP contribution in [0.1, 0.15) is 40.0 Å². The van der Waals surface area contributed by atoms with Gasteiger partial charge < -0.3 is 20.9 Å². The number of rotatable bonds is 8. The van der Waals surface area contributed by atoms with E-state index in [2.05, 4.69) is 20.3 Å². The second-order valence-electron chi connectivity index (χ2n) is 4.66. The molecule has 0 aromatic carbocycles. The number of nitrogens with zero attached hydrogens (tertiary/aromatic N) is 3. The molecule has 1 aromatic heterocycles. The van der Waals surface area contributed by atoms with Gasteiger partial charge in [-0.25, -0.2) is 0 Å². The van der Waals surface area contributed by atoms with Gasteiger partial charge in [0.25, 0.3) is 0 Å². The van der Waals surface area contributed by atoms with Crippen molar-refractivity contribution in [1.29, 1.82) is 0 Å². The van der Waals surface area contributed by atoms with Gasteiger partial charge in [0.15, 0.2) is 0 Å². The van der Waals surface area contributed by atoms with E-state index < -0.39 is 0 Å². The largest absolute Gasteiger partial charge is 0.463 e. The lowest BCUT2D eigenvalue weighted by Crippen LogP contribution is -2.36. The van der Waals surface area contributed by atoms with Crippen LogP contribution < -0.4 is 15.8 Å². The minimum Gasteiger partial charge on any atom is -0.463 e. The Balaban J connectivity index is 2.84. The van der Waals surface area contributed by atoms with E-state index in [4.69, 9.17) is 15.6 Å². The van der Waals surface area contributed by atoms with E-state index in [1.807, 2.05) is 20.8 Å². The quantitative estimate of drug-likeness (QED) is 0.651. The van der Waals surface area contributed by atoms with Gasteiger partial charge >= 0.3 is 6.01 Å². The fraction of sp³-hybridized carbons (Fsp3) is 0.750. The zero-order valence-electron chi connectivity index (χ0n) is 11.8. The third-order valence-corrected chi connectivity index (χ3v) is 2.92. The number of nitrogen functional groups attached to an aromatic ring is 1. The number of nitrogens with two attached hydrogens (primary N) is 1. The van der Waals surface area contributed by atoms with Gasteiger partial charge in [-0.3, -0.25) is 0 Å². The van der Waals surface area contributed by atoms with Crippen LogP contribution in [0.15, 0.2) is 0 Å². The monoisotopic (exact) mass is 269 g/mol. The molecule has 0 fully saturated rings. The van der Waals surface area contributed by atoms with Crippen LogP contribution in [0.25, 0.3) is 0 Å². The molecule has 7 nitrogen and oxygen atoms in total. The molecular weight excluding hydrogens is 246 g/mol. The van der Waals surface area contributed by atoms with Crippen molar-refractivity contribution >= 4 is 11.9 Å². The highest BCUT2D eigenvalue weighted by Gasteiger charge is 2.22. The normalized spacial score (nSPS) is 13.9. The molecule has 0 saturated heterocycles. The van der Waals surface area contributed by atoms with Crippen LogP contribution in [0.3, 0.4) is 0 Å². The van der Waals surface area contributed by atoms with Crippen LogP contribution in [0.4, 0.5) is 11.9 Å². The molecule has 1 rings (SSSR count). The Labute approximate surface area is 113 Å². The molecule has 1 unspecified atom stereocenters. The minimum atomic E-state index is -0.287. The molecule has 4 N–H and O–H groups in total. The van der Waals surface area contributed by atoms with Crippen LogP contribution in [-0.2, 0) is 0 Å². The first kappa shape index (κ1) is 15.4. The number of anilines is 2. The Hall–Kier alpha value is -1.63. The molecule has 0 radical (unpaired) electrons. The zero-order chi connectivity index (χ0) is 14.3. The van der Waals surface area contributed by atoms with Crippen molar-refractivity contribution in [1.82, 2.24) is 15.0 Å². The molecule has 19 heavy (non-hydrogen) atoms. The molecule has 1 aromatic rings. The summed E-state index contributed by atoms with van der Waals surface area (Å²) < 4.78 is 5.35. The van der Waals surface area contributed by atoms with E-state index in [9.17, 15) is 0 Å². The SMILES string of the molecule is CCCOc1nc(N)nc(NC(C)(CC)CCO)n1. The molecule has 1 atom stereocenters. The van der Waals surface area contributed by atoms with E-state index in [1.165, 1.54) is 0 Å². The van der Waals surface area contributed by atoms with Gasteiger partial charge in [0.05, 0.1) is 6.61 Å². The van der Waals surface area contributed by atoms with Gasteiger partial charge in [0.2, 0.25) is 11.9 Å². The minimum absolute atomic E-state index is 0.0943. The van der Waals surface area contributed by atoms with E-state index >= 15 is 0 Å². The van der Waals surface area contributed by atoms with Crippen LogP contribution in [0.5, 0.6) is 6.01 Å². The Kier molecular flexibility index (Phi) is 5.75. The number of nitrogens with one attached hydrogen (secondary N) is 1. The highest BCUT2D eigenvalue weighted by atomic mass is 16.5. The topological polar surface area (TPSA) is 106 Å². The summed E-state index contributed by atoms with van der Waals surface area (Å²) >= 11 is 0. The van der Waals surface area contributed by atoms with Crippen molar-refractivity contribution in [2.75, 3.05) is 24.3 Å². The molecule has 108 valence electrons. The summed E-state index contributed by atoms with van der Waals surface area (Å²) in [5.74, 6) is 0.488. The van der Waals surface area contributed by atoms with Gasteiger partial charge in [-0.1, -0.05) is 13.8 Å². The standard InChI is InChI=1S/C12H23N5O2/c1-4-8-19-11-15-9(13)14-10(16-11)17-12(3,5-2)6-7-18/h18H,4-8H2,1-3H3,(H3,13,14,15,16,17). The number of aliphatic hydroxyl groups excluding tert-OH is 1. The summed E-state index contributed by atoms with van der Waals surface area (Å²) in [4.78, 5) is 12.1. The number of aromatic nitrogens is 3. The van der Waals surface area contributed by atoms with E-state index in [1.54, 1.807) is 0 Å². The molecule has 0 aliphatic rings. The summed E-state index contributed by atoms with van der Waals surface area (Å²) in [6.45, 7) is 6.65. The van der Waals surface area contributed by atoms with Gasteiger partial charge in [-0.05, 0) is 26.2 Å². The average molecular weight is 269 g/mol. The second kappa shape index (κ2) is 7.08. The maximum absolute atomic E-state index is 9.09. The summed E-state index contributed by atoms with van der Waals surface area (Å²) in [6.07, 6.45) is 2.29. The zero-order valence-corrected chi connectivity index (χ0v) is 11.8. The van der Waals surface area contributed by atoms with Gasteiger partial charge in [-0.15, -0.1) is 0 Å². The van der Waals surface area contributed by atoms with Crippen LogP contribution >= 0.6 is 0 Å². The lowest BCUT2D eigenvalue weighted by atomic mass is 9.95. The maximum Gasteiger partial charge on any atom is 0.323 e. The second-order valence-corrected chi connectivity index (χ2v) is 4.66. The van der Waals surface area contributed by atoms with E-state index in [0.29, 0.717) is 19.0 Å². The van der Waals surface area contributed by atoms with Crippen molar-refractivity contribution in [2.24, 2.45) is 0 Å². The Morgan fingerprint density at radius 1 is 1.32 bits per heavy atom. The number of aliphatic hydroxyl groups is 1. The first-order valence-electron chi connectivity index (χ1n) is 6.56. The van der Waals surface area contributed by atoms with E-state index in [0.717, 1.165) is 12.8 Å². The molecule has 0 aliphatic carbocycles. The maximum atomic E-state index is 9.09. The fourth-order valence-electron chi connectivity index (χ4n) is 1.53. The molecule has 1 heterocycles. The van der Waals surface area contributed by atoms with Crippen LogP contribution in [0, 0.1) is 0 Å². The highest BCUT2D eigenvalue weighted by molar-refractivity contribution is 5.35. The molecule has 0 amide bonds. The van der Waals surface area contributed by atoms with Crippen molar-refractivity contribution in [2.45, 2.75) is 45.6 Å². The number of hydrogen-bond acceptors (Lipinski definition) is 7. The van der Waals surface area contributed by atoms with E-state index in [-0.39, 0.29) is 24.1 Å². The summed E-state index contributed by atoms with van der Waals surface area (Å²) in [5.41, 5.74) is 5.35. The first-order chi connectivity index (χ1) is 9.03. The lowest BCUT2D eigenvalue weighted by molar-refractivity contribution is 0.251. The van der Waals surface area contributed by atoms with Crippen molar-refractivity contribution in [3.8, 4) is 6.01 Å². The molecule has 0 saturated carbocycles. The third kappa shape index (κ3) is 4.86. The predicted octanol–water partition coefficient (Wildman–Crippen LogP) is 1.21. The Morgan fingerprint density at radius 3 is 2.63 bits per heavy atom. The number of ether oxygens (including phenoxy) is 1. The van der Waals surface area contributed by atoms with Crippen molar-refractivity contribution < 1.29 is 9.84 Å². The average Bonchev–Trinajstić information content (AvgIpc) is 2.36.